The fraction of sp³-hybridized carbons (Fsp3) is 0.667. The summed E-state index contributed by atoms with van der Waals surface area (Å²) in [6.45, 7) is 5.52. The predicted octanol–water partition coefficient (Wildman–Crippen LogP) is 3.71. The second kappa shape index (κ2) is 5.40. The summed E-state index contributed by atoms with van der Waals surface area (Å²) >= 11 is 0. The minimum Gasteiger partial charge on any atom is -0.493 e. The van der Waals surface area contributed by atoms with E-state index < -0.39 is 0 Å². The zero-order chi connectivity index (χ0) is 14.2. The highest BCUT2D eigenvalue weighted by atomic mass is 16.5. The van der Waals surface area contributed by atoms with Crippen LogP contribution in [0.25, 0.3) is 0 Å². The van der Waals surface area contributed by atoms with Crippen molar-refractivity contribution >= 4 is 0 Å². The highest BCUT2D eigenvalue weighted by molar-refractivity contribution is 5.39. The molecule has 3 atom stereocenters. The molecule has 0 amide bonds. The van der Waals surface area contributed by atoms with Gasteiger partial charge in [-0.25, -0.2) is 0 Å². The Morgan fingerprint density at radius 1 is 1.30 bits per heavy atom. The molecule has 1 saturated carbocycles. The standard InChI is InChI=1S/C18H27NO/c1-13-3-4-14(2)18(19,12-13)9-7-15-5-6-17-16(11-15)8-10-20-17/h5-6,11,13-14H,3-4,7-10,12,19H2,1-2H3. The lowest BCUT2D eigenvalue weighted by Crippen LogP contribution is -2.50. The Hall–Kier alpha value is -1.02. The first kappa shape index (κ1) is 13.9. The van der Waals surface area contributed by atoms with Crippen molar-refractivity contribution in [2.75, 3.05) is 6.61 Å². The molecular formula is C18H27NO. The molecule has 1 heterocycles. The van der Waals surface area contributed by atoms with Crippen LogP contribution in [0.2, 0.25) is 0 Å². The van der Waals surface area contributed by atoms with Crippen molar-refractivity contribution in [2.45, 2.75) is 57.9 Å². The quantitative estimate of drug-likeness (QED) is 0.911. The number of nitrogens with two attached hydrogens (primary N) is 1. The smallest absolute Gasteiger partial charge is 0.122 e. The minimum atomic E-state index is 0.0349. The van der Waals surface area contributed by atoms with Gasteiger partial charge in [-0.15, -0.1) is 0 Å². The largest absolute Gasteiger partial charge is 0.493 e. The average Bonchev–Trinajstić information content (AvgIpc) is 2.89. The monoisotopic (exact) mass is 273 g/mol. The molecule has 2 N–H and O–H groups in total. The van der Waals surface area contributed by atoms with Gasteiger partial charge in [-0.1, -0.05) is 32.4 Å². The summed E-state index contributed by atoms with van der Waals surface area (Å²) in [6, 6.07) is 6.67. The van der Waals surface area contributed by atoms with Gasteiger partial charge in [0.2, 0.25) is 0 Å². The van der Waals surface area contributed by atoms with E-state index in [-0.39, 0.29) is 5.54 Å². The maximum absolute atomic E-state index is 6.73. The zero-order valence-corrected chi connectivity index (χ0v) is 12.8. The number of aryl methyl sites for hydroxylation is 1. The zero-order valence-electron chi connectivity index (χ0n) is 12.8. The summed E-state index contributed by atoms with van der Waals surface area (Å²) in [4.78, 5) is 0. The summed E-state index contributed by atoms with van der Waals surface area (Å²) in [6.07, 6.45) is 7.08. The highest BCUT2D eigenvalue weighted by Crippen LogP contribution is 2.38. The van der Waals surface area contributed by atoms with Crippen molar-refractivity contribution in [1.29, 1.82) is 0 Å². The van der Waals surface area contributed by atoms with E-state index in [0.29, 0.717) is 5.92 Å². The molecule has 2 heteroatoms. The van der Waals surface area contributed by atoms with Gasteiger partial charge in [-0.05, 0) is 54.7 Å². The van der Waals surface area contributed by atoms with Crippen molar-refractivity contribution in [2.24, 2.45) is 17.6 Å². The van der Waals surface area contributed by atoms with Crippen LogP contribution in [0.5, 0.6) is 5.75 Å². The molecule has 110 valence electrons. The number of hydrogen-bond donors (Lipinski definition) is 1. The Labute approximate surface area is 122 Å². The van der Waals surface area contributed by atoms with Crippen LogP contribution in [-0.4, -0.2) is 12.1 Å². The lowest BCUT2D eigenvalue weighted by Gasteiger charge is -2.42. The third-order valence-electron chi connectivity index (χ3n) is 5.44. The number of fused-ring (bicyclic) bond motifs is 1. The second-order valence-corrected chi connectivity index (χ2v) is 7.06. The molecule has 0 spiro atoms. The van der Waals surface area contributed by atoms with Gasteiger partial charge in [-0.2, -0.15) is 0 Å². The second-order valence-electron chi connectivity index (χ2n) is 7.06. The van der Waals surface area contributed by atoms with Gasteiger partial charge in [0.25, 0.3) is 0 Å². The molecule has 20 heavy (non-hydrogen) atoms. The Kier molecular flexibility index (Phi) is 3.76. The lowest BCUT2D eigenvalue weighted by molar-refractivity contribution is 0.151. The van der Waals surface area contributed by atoms with Crippen molar-refractivity contribution in [1.82, 2.24) is 0 Å². The van der Waals surface area contributed by atoms with Gasteiger partial charge in [0.15, 0.2) is 0 Å². The Morgan fingerprint density at radius 3 is 3.00 bits per heavy atom. The topological polar surface area (TPSA) is 35.2 Å². The third-order valence-corrected chi connectivity index (χ3v) is 5.44. The first-order valence-corrected chi connectivity index (χ1v) is 8.10. The molecule has 1 aliphatic carbocycles. The normalized spacial score (nSPS) is 32.8. The summed E-state index contributed by atoms with van der Waals surface area (Å²) in [7, 11) is 0. The highest BCUT2D eigenvalue weighted by Gasteiger charge is 2.36. The van der Waals surface area contributed by atoms with Gasteiger partial charge < -0.3 is 10.5 Å². The third kappa shape index (κ3) is 2.71. The maximum atomic E-state index is 6.73. The van der Waals surface area contributed by atoms with Crippen molar-refractivity contribution < 1.29 is 4.74 Å². The lowest BCUT2D eigenvalue weighted by atomic mass is 9.68. The van der Waals surface area contributed by atoms with Crippen molar-refractivity contribution in [3.05, 3.63) is 29.3 Å². The Morgan fingerprint density at radius 2 is 2.15 bits per heavy atom. The van der Waals surface area contributed by atoms with E-state index in [0.717, 1.165) is 37.5 Å². The Bertz CT molecular complexity index is 484. The molecule has 0 radical (unpaired) electrons. The fourth-order valence-electron chi connectivity index (χ4n) is 3.89. The van der Waals surface area contributed by atoms with E-state index in [2.05, 4.69) is 32.0 Å². The van der Waals surface area contributed by atoms with Crippen molar-refractivity contribution in [3.8, 4) is 5.75 Å². The van der Waals surface area contributed by atoms with Crippen LogP contribution in [0.3, 0.4) is 0 Å². The van der Waals surface area contributed by atoms with E-state index in [4.69, 9.17) is 10.5 Å². The molecule has 3 unspecified atom stereocenters. The minimum absolute atomic E-state index is 0.0349. The van der Waals surface area contributed by atoms with Crippen LogP contribution in [0, 0.1) is 11.8 Å². The number of hydrogen-bond acceptors (Lipinski definition) is 2. The number of benzene rings is 1. The molecule has 2 nitrogen and oxygen atoms in total. The van der Waals surface area contributed by atoms with Gasteiger partial charge >= 0.3 is 0 Å². The van der Waals surface area contributed by atoms with Crippen LogP contribution in [-0.2, 0) is 12.8 Å². The number of ether oxygens (including phenoxy) is 1. The van der Waals surface area contributed by atoms with Crippen LogP contribution < -0.4 is 10.5 Å². The first-order valence-electron chi connectivity index (χ1n) is 8.10. The molecule has 2 aliphatic rings. The molecule has 1 aliphatic heterocycles. The molecule has 1 aromatic carbocycles. The summed E-state index contributed by atoms with van der Waals surface area (Å²) in [5.74, 6) is 2.51. The van der Waals surface area contributed by atoms with Crippen LogP contribution in [0.15, 0.2) is 18.2 Å². The van der Waals surface area contributed by atoms with Gasteiger partial charge in [-0.3, -0.25) is 0 Å². The summed E-state index contributed by atoms with van der Waals surface area (Å²) in [5.41, 5.74) is 9.56. The molecule has 1 fully saturated rings. The SMILES string of the molecule is CC1CCC(C)C(N)(CCc2ccc3c(c2)CCO3)C1. The average molecular weight is 273 g/mol. The first-order chi connectivity index (χ1) is 9.57. The van der Waals surface area contributed by atoms with Crippen LogP contribution >= 0.6 is 0 Å². The van der Waals surface area contributed by atoms with E-state index in [1.54, 1.807) is 0 Å². The molecular weight excluding hydrogens is 246 g/mol. The van der Waals surface area contributed by atoms with E-state index in [1.165, 1.54) is 30.4 Å². The molecule has 3 rings (SSSR count). The predicted molar refractivity (Wildman–Crippen MR) is 83.1 cm³/mol. The van der Waals surface area contributed by atoms with Crippen LogP contribution in [0.4, 0.5) is 0 Å². The van der Waals surface area contributed by atoms with Gasteiger partial charge in [0, 0.05) is 12.0 Å². The van der Waals surface area contributed by atoms with Gasteiger partial charge in [0.05, 0.1) is 6.61 Å². The van der Waals surface area contributed by atoms with E-state index in [1.807, 2.05) is 0 Å². The maximum Gasteiger partial charge on any atom is 0.122 e. The molecule has 0 aromatic heterocycles. The van der Waals surface area contributed by atoms with Gasteiger partial charge in [0.1, 0.15) is 5.75 Å². The molecule has 0 saturated heterocycles. The Balaban J connectivity index is 1.66. The van der Waals surface area contributed by atoms with E-state index >= 15 is 0 Å². The molecule has 1 aromatic rings. The number of rotatable bonds is 3. The van der Waals surface area contributed by atoms with Crippen LogP contribution in [0.1, 0.15) is 50.7 Å². The summed E-state index contributed by atoms with van der Waals surface area (Å²) < 4.78 is 5.57. The summed E-state index contributed by atoms with van der Waals surface area (Å²) in [5, 5.41) is 0. The molecule has 0 bridgehead atoms. The van der Waals surface area contributed by atoms with E-state index in [9.17, 15) is 0 Å². The van der Waals surface area contributed by atoms with Crippen molar-refractivity contribution in [3.63, 3.8) is 0 Å². The fourth-order valence-corrected chi connectivity index (χ4v) is 3.89.